The SMILES string of the molecule is CCCN(CCC)C(=O)C1=Cc2ccc(C(=O)N3CC(C)CN(c4ccccc4)C3)cc2N=C(N)C1. The third kappa shape index (κ3) is 5.78. The first-order valence-corrected chi connectivity index (χ1v) is 13.0. The molecule has 1 unspecified atom stereocenters. The van der Waals surface area contributed by atoms with Crippen LogP contribution in [0.15, 0.2) is 59.1 Å². The van der Waals surface area contributed by atoms with Crippen molar-refractivity contribution in [3.05, 3.63) is 65.2 Å². The Hall–Kier alpha value is -3.61. The molecule has 0 spiro atoms. The molecule has 2 aromatic rings. The zero-order chi connectivity index (χ0) is 25.7. The van der Waals surface area contributed by atoms with Gasteiger partial charge in [-0.25, -0.2) is 4.99 Å². The van der Waals surface area contributed by atoms with Gasteiger partial charge in [-0.3, -0.25) is 9.59 Å². The van der Waals surface area contributed by atoms with Crippen molar-refractivity contribution in [3.63, 3.8) is 0 Å². The van der Waals surface area contributed by atoms with Gasteiger partial charge in [0.1, 0.15) is 5.84 Å². The van der Waals surface area contributed by atoms with E-state index in [1.165, 1.54) is 0 Å². The molecule has 0 saturated carbocycles. The zero-order valence-corrected chi connectivity index (χ0v) is 21.6. The van der Waals surface area contributed by atoms with Gasteiger partial charge in [0.05, 0.1) is 12.4 Å². The van der Waals surface area contributed by atoms with Crippen LogP contribution in [-0.2, 0) is 4.79 Å². The van der Waals surface area contributed by atoms with Gasteiger partial charge in [0.15, 0.2) is 0 Å². The summed E-state index contributed by atoms with van der Waals surface area (Å²) in [5.41, 5.74) is 10.00. The first-order chi connectivity index (χ1) is 17.4. The number of amidine groups is 1. The van der Waals surface area contributed by atoms with Gasteiger partial charge in [-0.15, -0.1) is 0 Å². The molecule has 7 nitrogen and oxygen atoms in total. The molecule has 7 heteroatoms. The molecule has 2 amide bonds. The number of carbonyl (C=O) groups excluding carboxylic acids is 2. The van der Waals surface area contributed by atoms with E-state index in [0.29, 0.717) is 48.2 Å². The lowest BCUT2D eigenvalue weighted by molar-refractivity contribution is -0.127. The Morgan fingerprint density at radius 3 is 2.47 bits per heavy atom. The normalized spacial score (nSPS) is 17.6. The number of fused-ring (bicyclic) bond motifs is 1. The van der Waals surface area contributed by atoms with Crippen molar-refractivity contribution in [2.24, 2.45) is 16.6 Å². The molecule has 0 bridgehead atoms. The van der Waals surface area contributed by atoms with E-state index < -0.39 is 0 Å². The number of aliphatic imine (C=N–C) groups is 1. The molecule has 0 aromatic heterocycles. The van der Waals surface area contributed by atoms with E-state index in [4.69, 9.17) is 5.73 Å². The number of rotatable bonds is 7. The van der Waals surface area contributed by atoms with Gasteiger partial charge in [0.25, 0.3) is 5.91 Å². The molecular formula is C29H37N5O2. The molecule has 2 heterocycles. The van der Waals surface area contributed by atoms with E-state index in [2.05, 4.69) is 42.8 Å². The maximum atomic E-state index is 13.5. The number of hydrogen-bond donors (Lipinski definition) is 1. The average molecular weight is 488 g/mol. The van der Waals surface area contributed by atoms with Gasteiger partial charge >= 0.3 is 0 Å². The lowest BCUT2D eigenvalue weighted by Crippen LogP contribution is -2.51. The van der Waals surface area contributed by atoms with Crippen LogP contribution >= 0.6 is 0 Å². The molecule has 2 aliphatic rings. The van der Waals surface area contributed by atoms with Crippen LogP contribution in [0, 0.1) is 5.92 Å². The highest BCUT2D eigenvalue weighted by molar-refractivity contribution is 6.06. The molecule has 2 aliphatic heterocycles. The number of anilines is 1. The lowest BCUT2D eigenvalue weighted by atomic mass is 10.0. The summed E-state index contributed by atoms with van der Waals surface area (Å²) in [6.07, 6.45) is 3.99. The van der Waals surface area contributed by atoms with Gasteiger partial charge in [-0.1, -0.05) is 45.0 Å². The monoisotopic (exact) mass is 487 g/mol. The minimum Gasteiger partial charge on any atom is -0.387 e. The molecular weight excluding hydrogens is 450 g/mol. The van der Waals surface area contributed by atoms with Crippen LogP contribution in [0.4, 0.5) is 11.4 Å². The largest absolute Gasteiger partial charge is 0.387 e. The summed E-state index contributed by atoms with van der Waals surface area (Å²) in [6, 6.07) is 15.7. The molecule has 4 rings (SSSR count). The standard InChI is InChI=1S/C29H37N5O2/c1-4-13-32(14-5-2)29(36)24-15-22-11-12-23(16-26(22)31-27(30)17-24)28(35)34-19-21(3)18-33(20-34)25-9-7-6-8-10-25/h6-12,15-16,21H,4-5,13-14,17-20H2,1-3H3,(H2,30,31). The molecule has 36 heavy (non-hydrogen) atoms. The lowest BCUT2D eigenvalue weighted by Gasteiger charge is -2.40. The summed E-state index contributed by atoms with van der Waals surface area (Å²) >= 11 is 0. The molecule has 0 aliphatic carbocycles. The quantitative estimate of drug-likeness (QED) is 0.615. The molecule has 1 atom stereocenters. The second-order valence-electron chi connectivity index (χ2n) is 9.85. The molecule has 2 aromatic carbocycles. The minimum atomic E-state index is -0.0272. The Bertz CT molecular complexity index is 1150. The van der Waals surface area contributed by atoms with Crippen LogP contribution in [0.3, 0.4) is 0 Å². The Kier molecular flexibility index (Phi) is 8.08. The van der Waals surface area contributed by atoms with E-state index >= 15 is 0 Å². The number of carbonyl (C=O) groups is 2. The predicted molar refractivity (Wildman–Crippen MR) is 146 cm³/mol. The Labute approximate surface area is 214 Å². The third-order valence-corrected chi connectivity index (χ3v) is 6.61. The number of para-hydroxylation sites is 1. The smallest absolute Gasteiger partial charge is 0.255 e. The van der Waals surface area contributed by atoms with Crippen molar-refractivity contribution in [2.75, 3.05) is 37.7 Å². The third-order valence-electron chi connectivity index (χ3n) is 6.61. The number of benzene rings is 2. The molecule has 1 saturated heterocycles. The van der Waals surface area contributed by atoms with Gasteiger partial charge in [-0.2, -0.15) is 0 Å². The predicted octanol–water partition coefficient (Wildman–Crippen LogP) is 4.67. The van der Waals surface area contributed by atoms with Crippen molar-refractivity contribution >= 4 is 35.1 Å². The highest BCUT2D eigenvalue weighted by Crippen LogP contribution is 2.30. The fraction of sp³-hybridized carbons (Fsp3) is 0.414. The first kappa shape index (κ1) is 25.5. The van der Waals surface area contributed by atoms with Crippen LogP contribution in [0.5, 0.6) is 0 Å². The van der Waals surface area contributed by atoms with E-state index in [0.717, 1.165) is 43.7 Å². The maximum Gasteiger partial charge on any atom is 0.255 e. The Balaban J connectivity index is 1.58. The van der Waals surface area contributed by atoms with E-state index in [-0.39, 0.29) is 11.8 Å². The van der Waals surface area contributed by atoms with Crippen LogP contribution in [0.1, 0.15) is 56.0 Å². The second kappa shape index (κ2) is 11.4. The van der Waals surface area contributed by atoms with Gasteiger partial charge in [-0.05, 0) is 49.1 Å². The van der Waals surface area contributed by atoms with E-state index in [9.17, 15) is 9.59 Å². The van der Waals surface area contributed by atoms with Crippen molar-refractivity contribution < 1.29 is 9.59 Å². The van der Waals surface area contributed by atoms with Crippen LogP contribution in [0.2, 0.25) is 0 Å². The molecule has 2 N–H and O–H groups in total. The fourth-order valence-electron chi connectivity index (χ4n) is 5.01. The first-order valence-electron chi connectivity index (χ1n) is 13.0. The van der Waals surface area contributed by atoms with Gasteiger partial charge in [0.2, 0.25) is 5.91 Å². The summed E-state index contributed by atoms with van der Waals surface area (Å²) in [4.78, 5) is 37.4. The number of nitrogens with zero attached hydrogens (tertiary/aromatic N) is 4. The molecule has 1 fully saturated rings. The maximum absolute atomic E-state index is 13.5. The summed E-state index contributed by atoms with van der Waals surface area (Å²) < 4.78 is 0. The van der Waals surface area contributed by atoms with Crippen LogP contribution in [0.25, 0.3) is 6.08 Å². The zero-order valence-electron chi connectivity index (χ0n) is 21.6. The topological polar surface area (TPSA) is 82.2 Å². The van der Waals surface area contributed by atoms with Crippen molar-refractivity contribution in [1.82, 2.24) is 9.80 Å². The van der Waals surface area contributed by atoms with Crippen molar-refractivity contribution in [3.8, 4) is 0 Å². The highest BCUT2D eigenvalue weighted by atomic mass is 16.2. The van der Waals surface area contributed by atoms with Crippen LogP contribution < -0.4 is 10.6 Å². The van der Waals surface area contributed by atoms with Crippen molar-refractivity contribution in [1.29, 1.82) is 0 Å². The van der Waals surface area contributed by atoms with Gasteiger partial charge in [0, 0.05) is 55.0 Å². The second-order valence-corrected chi connectivity index (χ2v) is 9.85. The highest BCUT2D eigenvalue weighted by Gasteiger charge is 2.28. The summed E-state index contributed by atoms with van der Waals surface area (Å²) in [5.74, 6) is 0.713. The van der Waals surface area contributed by atoms with Crippen LogP contribution in [-0.4, -0.2) is 60.3 Å². The minimum absolute atomic E-state index is 0.00756. The fourth-order valence-corrected chi connectivity index (χ4v) is 5.01. The van der Waals surface area contributed by atoms with E-state index in [1.807, 2.05) is 46.2 Å². The molecule has 0 radical (unpaired) electrons. The summed E-state index contributed by atoms with van der Waals surface area (Å²) in [6.45, 7) is 9.90. The summed E-state index contributed by atoms with van der Waals surface area (Å²) in [5, 5.41) is 0. The number of hydrogen-bond acceptors (Lipinski definition) is 5. The van der Waals surface area contributed by atoms with Crippen molar-refractivity contribution in [2.45, 2.75) is 40.0 Å². The average Bonchev–Trinajstić information content (AvgIpc) is 3.05. The number of amides is 2. The number of nitrogens with two attached hydrogens (primary N) is 1. The summed E-state index contributed by atoms with van der Waals surface area (Å²) in [7, 11) is 0. The van der Waals surface area contributed by atoms with E-state index in [1.54, 1.807) is 6.07 Å². The molecule has 190 valence electrons. The van der Waals surface area contributed by atoms with Gasteiger partial charge < -0.3 is 20.4 Å². The Morgan fingerprint density at radius 1 is 1.06 bits per heavy atom. The Morgan fingerprint density at radius 2 is 1.78 bits per heavy atom.